The zero-order valence-electron chi connectivity index (χ0n) is 16.2. The van der Waals surface area contributed by atoms with Crippen molar-refractivity contribution in [1.29, 1.82) is 0 Å². The average molecular weight is 393 g/mol. The number of imidazole rings is 1. The number of carbonyl (C=O) groups is 1. The Morgan fingerprint density at radius 3 is 2.55 bits per heavy atom. The first-order valence-corrected chi connectivity index (χ1v) is 9.08. The molecule has 4 rings (SSSR count). The molecule has 0 atom stereocenters. The maximum absolute atomic E-state index is 13.8. The zero-order valence-corrected chi connectivity index (χ0v) is 16.2. The van der Waals surface area contributed by atoms with Gasteiger partial charge in [0.2, 0.25) is 0 Å². The quantitative estimate of drug-likeness (QED) is 0.507. The molecule has 0 saturated heterocycles. The molecule has 8 heteroatoms. The lowest BCUT2D eigenvalue weighted by molar-refractivity contribution is 0.262. The van der Waals surface area contributed by atoms with Crippen LogP contribution in [0.4, 0.5) is 20.7 Å². The molecule has 0 aliphatic heterocycles. The summed E-state index contributed by atoms with van der Waals surface area (Å²) in [5, 5.41) is 9.24. The van der Waals surface area contributed by atoms with Crippen molar-refractivity contribution in [1.82, 2.24) is 14.7 Å². The second-order valence-corrected chi connectivity index (χ2v) is 7.67. The summed E-state index contributed by atoms with van der Waals surface area (Å²) in [7, 11) is 0. The van der Waals surface area contributed by atoms with E-state index in [1.54, 1.807) is 41.2 Å². The molecule has 2 amide bonds. The van der Waals surface area contributed by atoms with Gasteiger partial charge < -0.3 is 9.84 Å². The highest BCUT2D eigenvalue weighted by Gasteiger charge is 2.20. The molecule has 0 spiro atoms. The number of nitrogens with zero attached hydrogens (tertiary/aromatic N) is 3. The standard InChI is InChI=1S/C21H20FN5O2/c1-21(2,3)17-11-18(26-29-17)25-20(28)24-13-7-9-14(10-8-13)27-12-23-19-15(22)5-4-6-16(19)27/h4-12H,1-3H3,(H2,24,25,26,28). The molecule has 0 aliphatic carbocycles. The second kappa shape index (κ2) is 7.05. The number of para-hydroxylation sites is 1. The minimum absolute atomic E-state index is 0.195. The van der Waals surface area contributed by atoms with E-state index in [0.29, 0.717) is 28.3 Å². The van der Waals surface area contributed by atoms with Crippen molar-refractivity contribution >= 4 is 28.6 Å². The van der Waals surface area contributed by atoms with Crippen molar-refractivity contribution in [3.05, 3.63) is 66.4 Å². The summed E-state index contributed by atoms with van der Waals surface area (Å²) in [5.41, 5.74) is 2.19. The highest BCUT2D eigenvalue weighted by atomic mass is 19.1. The molecule has 0 bridgehead atoms. The van der Waals surface area contributed by atoms with E-state index in [0.717, 1.165) is 5.69 Å². The fourth-order valence-corrected chi connectivity index (χ4v) is 2.88. The van der Waals surface area contributed by atoms with Gasteiger partial charge in [-0.25, -0.2) is 14.2 Å². The van der Waals surface area contributed by atoms with Crippen LogP contribution in [0, 0.1) is 5.82 Å². The molecule has 7 nitrogen and oxygen atoms in total. The van der Waals surface area contributed by atoms with Gasteiger partial charge in [0.15, 0.2) is 11.6 Å². The normalized spacial score (nSPS) is 11.6. The van der Waals surface area contributed by atoms with Crippen molar-refractivity contribution in [2.45, 2.75) is 26.2 Å². The Kier molecular flexibility index (Phi) is 4.54. The highest BCUT2D eigenvalue weighted by Crippen LogP contribution is 2.25. The van der Waals surface area contributed by atoms with Crippen LogP contribution in [0.15, 0.2) is 59.4 Å². The van der Waals surface area contributed by atoms with Gasteiger partial charge in [-0.3, -0.25) is 9.88 Å². The summed E-state index contributed by atoms with van der Waals surface area (Å²) in [6.45, 7) is 5.99. The second-order valence-electron chi connectivity index (χ2n) is 7.67. The minimum Gasteiger partial charge on any atom is -0.359 e. The maximum atomic E-state index is 13.8. The maximum Gasteiger partial charge on any atom is 0.324 e. The number of benzene rings is 2. The molecule has 0 aliphatic rings. The van der Waals surface area contributed by atoms with Crippen molar-refractivity contribution < 1.29 is 13.7 Å². The lowest BCUT2D eigenvalue weighted by Crippen LogP contribution is -2.19. The largest absolute Gasteiger partial charge is 0.359 e. The molecule has 148 valence electrons. The first kappa shape index (κ1) is 18.7. The molecule has 0 fully saturated rings. The van der Waals surface area contributed by atoms with Gasteiger partial charge in [-0.15, -0.1) is 0 Å². The predicted octanol–water partition coefficient (Wildman–Crippen LogP) is 5.09. The Hall–Kier alpha value is -3.68. The van der Waals surface area contributed by atoms with Gasteiger partial charge in [0.1, 0.15) is 17.6 Å². The lowest BCUT2D eigenvalue weighted by Gasteiger charge is -2.12. The Labute approximate surface area is 166 Å². The zero-order chi connectivity index (χ0) is 20.6. The summed E-state index contributed by atoms with van der Waals surface area (Å²) in [4.78, 5) is 16.3. The number of anilines is 2. The van der Waals surface area contributed by atoms with Gasteiger partial charge >= 0.3 is 6.03 Å². The highest BCUT2D eigenvalue weighted by molar-refractivity contribution is 5.99. The number of nitrogens with one attached hydrogen (secondary N) is 2. The number of hydrogen-bond acceptors (Lipinski definition) is 4. The molecule has 0 saturated carbocycles. The molecule has 2 aromatic carbocycles. The number of aromatic nitrogens is 3. The summed E-state index contributed by atoms with van der Waals surface area (Å²) < 4.78 is 20.9. The monoisotopic (exact) mass is 393 g/mol. The number of urea groups is 1. The molecule has 29 heavy (non-hydrogen) atoms. The van der Waals surface area contributed by atoms with Crippen LogP contribution in [0.2, 0.25) is 0 Å². The van der Waals surface area contributed by atoms with Crippen molar-refractivity contribution in [2.24, 2.45) is 0 Å². The van der Waals surface area contributed by atoms with Crippen molar-refractivity contribution in [2.75, 3.05) is 10.6 Å². The van der Waals surface area contributed by atoms with Crippen LogP contribution < -0.4 is 10.6 Å². The Morgan fingerprint density at radius 1 is 1.10 bits per heavy atom. The first-order chi connectivity index (χ1) is 13.8. The molecule has 4 aromatic rings. The van der Waals surface area contributed by atoms with E-state index in [1.807, 2.05) is 32.9 Å². The summed E-state index contributed by atoms with van der Waals surface area (Å²) in [6.07, 6.45) is 1.57. The summed E-state index contributed by atoms with van der Waals surface area (Å²) in [6, 6.07) is 13.2. The molecule has 0 unspecified atom stereocenters. The first-order valence-electron chi connectivity index (χ1n) is 9.08. The molecule has 2 N–H and O–H groups in total. The van der Waals surface area contributed by atoms with Crippen LogP contribution in [0.25, 0.3) is 16.7 Å². The van der Waals surface area contributed by atoms with Gasteiger partial charge in [-0.2, -0.15) is 0 Å². The van der Waals surface area contributed by atoms with Crippen molar-refractivity contribution in [3.63, 3.8) is 0 Å². The van der Waals surface area contributed by atoms with Gasteiger partial charge in [-0.1, -0.05) is 32.0 Å². The number of hydrogen-bond donors (Lipinski definition) is 2. The minimum atomic E-state index is -0.429. The smallest absolute Gasteiger partial charge is 0.324 e. The fraction of sp³-hybridized carbons (Fsp3) is 0.190. The number of halogens is 1. The van der Waals surface area contributed by atoms with Crippen LogP contribution in [-0.4, -0.2) is 20.7 Å². The average Bonchev–Trinajstić information content (AvgIpc) is 3.30. The topological polar surface area (TPSA) is 85.0 Å². The lowest BCUT2D eigenvalue weighted by atomic mass is 9.93. The van der Waals surface area contributed by atoms with E-state index in [4.69, 9.17) is 4.52 Å². The van der Waals surface area contributed by atoms with E-state index in [2.05, 4.69) is 20.8 Å². The Balaban J connectivity index is 1.46. The number of amides is 2. The van der Waals surface area contributed by atoms with Crippen molar-refractivity contribution in [3.8, 4) is 5.69 Å². The van der Waals surface area contributed by atoms with E-state index in [9.17, 15) is 9.18 Å². The third-order valence-corrected chi connectivity index (χ3v) is 4.42. The van der Waals surface area contributed by atoms with Crippen LogP contribution >= 0.6 is 0 Å². The Bertz CT molecular complexity index is 1170. The van der Waals surface area contributed by atoms with Gasteiger partial charge in [-0.05, 0) is 36.4 Å². The van der Waals surface area contributed by atoms with E-state index >= 15 is 0 Å². The van der Waals surface area contributed by atoms with Gasteiger partial charge in [0.25, 0.3) is 0 Å². The summed E-state index contributed by atoms with van der Waals surface area (Å²) >= 11 is 0. The molecular formula is C21H20FN5O2. The van der Waals surface area contributed by atoms with Gasteiger partial charge in [0.05, 0.1) is 5.52 Å². The van der Waals surface area contributed by atoms with E-state index in [1.165, 1.54) is 6.07 Å². The van der Waals surface area contributed by atoms with Crippen LogP contribution in [-0.2, 0) is 5.41 Å². The SMILES string of the molecule is CC(C)(C)c1cc(NC(=O)Nc2ccc(-n3cnc4c(F)cccc43)cc2)no1. The molecule has 2 heterocycles. The van der Waals surface area contributed by atoms with Crippen LogP contribution in [0.1, 0.15) is 26.5 Å². The third kappa shape index (κ3) is 3.82. The number of rotatable bonds is 3. The molecular weight excluding hydrogens is 373 g/mol. The van der Waals surface area contributed by atoms with E-state index < -0.39 is 6.03 Å². The van der Waals surface area contributed by atoms with Gasteiger partial charge in [0, 0.05) is 22.9 Å². The number of fused-ring (bicyclic) bond motifs is 1. The molecule has 0 radical (unpaired) electrons. The third-order valence-electron chi connectivity index (χ3n) is 4.42. The molecule has 2 aromatic heterocycles. The van der Waals surface area contributed by atoms with Crippen LogP contribution in [0.3, 0.4) is 0 Å². The summed E-state index contributed by atoms with van der Waals surface area (Å²) in [5.74, 6) is 0.663. The Morgan fingerprint density at radius 2 is 1.86 bits per heavy atom. The number of carbonyl (C=O) groups excluding carboxylic acids is 1. The predicted molar refractivity (Wildman–Crippen MR) is 109 cm³/mol. The van der Waals surface area contributed by atoms with Crippen LogP contribution in [0.5, 0.6) is 0 Å². The fourth-order valence-electron chi connectivity index (χ4n) is 2.88. The van der Waals surface area contributed by atoms with E-state index in [-0.39, 0.29) is 11.2 Å².